The second-order valence-electron chi connectivity index (χ2n) is 4.82. The predicted octanol–water partition coefficient (Wildman–Crippen LogP) is 2.05. The molecule has 1 N–H and O–H groups in total. The number of carbonyl (C=O) groups is 1. The minimum absolute atomic E-state index is 0.111. The van der Waals surface area contributed by atoms with E-state index in [1.165, 1.54) is 0 Å². The van der Waals surface area contributed by atoms with Gasteiger partial charge in [-0.15, -0.1) is 0 Å². The maximum absolute atomic E-state index is 13.6. The van der Waals surface area contributed by atoms with Gasteiger partial charge in [0.2, 0.25) is 0 Å². The highest BCUT2D eigenvalue weighted by Crippen LogP contribution is 2.24. The summed E-state index contributed by atoms with van der Waals surface area (Å²) in [5.41, 5.74) is 3.28. The molecule has 0 saturated heterocycles. The SMILES string of the molecule is Cc1cc(-c2cc3n(n2)CCNC3=O)cc(C)c1F. The molecular formula is C14H14FN3O. The Labute approximate surface area is 110 Å². The van der Waals surface area contributed by atoms with Crippen molar-refractivity contribution in [1.29, 1.82) is 0 Å². The van der Waals surface area contributed by atoms with E-state index in [4.69, 9.17) is 0 Å². The molecule has 0 bridgehead atoms. The molecule has 2 aromatic rings. The van der Waals surface area contributed by atoms with E-state index in [1.54, 1.807) is 36.7 Å². The van der Waals surface area contributed by atoms with Gasteiger partial charge in [0.05, 0.1) is 12.2 Å². The van der Waals surface area contributed by atoms with Crippen LogP contribution in [0.15, 0.2) is 18.2 Å². The van der Waals surface area contributed by atoms with Crippen molar-refractivity contribution in [3.63, 3.8) is 0 Å². The van der Waals surface area contributed by atoms with Gasteiger partial charge >= 0.3 is 0 Å². The van der Waals surface area contributed by atoms with Crippen LogP contribution in [0.1, 0.15) is 21.6 Å². The van der Waals surface area contributed by atoms with Crippen LogP contribution in [-0.4, -0.2) is 22.2 Å². The smallest absolute Gasteiger partial charge is 0.269 e. The summed E-state index contributed by atoms with van der Waals surface area (Å²) < 4.78 is 15.3. The van der Waals surface area contributed by atoms with Gasteiger partial charge < -0.3 is 5.32 Å². The van der Waals surface area contributed by atoms with Crippen LogP contribution < -0.4 is 5.32 Å². The summed E-state index contributed by atoms with van der Waals surface area (Å²) in [5.74, 6) is -0.300. The number of halogens is 1. The summed E-state index contributed by atoms with van der Waals surface area (Å²) in [6.07, 6.45) is 0. The van der Waals surface area contributed by atoms with Crippen LogP contribution in [-0.2, 0) is 6.54 Å². The number of nitrogens with zero attached hydrogens (tertiary/aromatic N) is 2. The lowest BCUT2D eigenvalue weighted by Gasteiger charge is -2.13. The first-order chi connectivity index (χ1) is 9.06. The number of nitrogens with one attached hydrogen (secondary N) is 1. The Bertz CT molecular complexity index is 652. The van der Waals surface area contributed by atoms with E-state index in [2.05, 4.69) is 10.4 Å². The molecule has 3 rings (SSSR count). The molecule has 1 aliphatic heterocycles. The Morgan fingerprint density at radius 2 is 1.95 bits per heavy atom. The van der Waals surface area contributed by atoms with Crippen molar-refractivity contribution in [2.24, 2.45) is 0 Å². The van der Waals surface area contributed by atoms with E-state index in [-0.39, 0.29) is 11.7 Å². The molecule has 1 aromatic heterocycles. The second kappa shape index (κ2) is 4.19. The third kappa shape index (κ3) is 1.91. The zero-order valence-electron chi connectivity index (χ0n) is 10.8. The van der Waals surface area contributed by atoms with Gasteiger partial charge in [-0.3, -0.25) is 9.48 Å². The van der Waals surface area contributed by atoms with Crippen LogP contribution in [0.3, 0.4) is 0 Å². The molecule has 0 spiro atoms. The van der Waals surface area contributed by atoms with Gasteiger partial charge in [-0.1, -0.05) is 0 Å². The quantitative estimate of drug-likeness (QED) is 0.852. The van der Waals surface area contributed by atoms with E-state index in [1.807, 2.05) is 0 Å². The highest BCUT2D eigenvalue weighted by molar-refractivity contribution is 5.94. The van der Waals surface area contributed by atoms with Gasteiger partial charge in [0.25, 0.3) is 5.91 Å². The largest absolute Gasteiger partial charge is 0.349 e. The molecule has 19 heavy (non-hydrogen) atoms. The van der Waals surface area contributed by atoms with E-state index >= 15 is 0 Å². The predicted molar refractivity (Wildman–Crippen MR) is 69.4 cm³/mol. The monoisotopic (exact) mass is 259 g/mol. The third-order valence-corrected chi connectivity index (χ3v) is 3.35. The molecule has 0 atom stereocenters. The van der Waals surface area contributed by atoms with Gasteiger partial charge in [0.1, 0.15) is 11.5 Å². The maximum atomic E-state index is 13.6. The first-order valence-corrected chi connectivity index (χ1v) is 6.19. The van der Waals surface area contributed by atoms with Crippen LogP contribution in [0.2, 0.25) is 0 Å². The molecule has 1 amide bonds. The summed E-state index contributed by atoms with van der Waals surface area (Å²) >= 11 is 0. The molecule has 0 aliphatic carbocycles. The zero-order chi connectivity index (χ0) is 13.6. The van der Waals surface area contributed by atoms with E-state index in [0.717, 1.165) is 5.56 Å². The molecule has 0 radical (unpaired) electrons. The Morgan fingerprint density at radius 3 is 2.58 bits per heavy atom. The lowest BCUT2D eigenvalue weighted by molar-refractivity contribution is 0.0924. The number of hydrogen-bond acceptors (Lipinski definition) is 2. The van der Waals surface area contributed by atoms with E-state index < -0.39 is 0 Å². The van der Waals surface area contributed by atoms with E-state index in [9.17, 15) is 9.18 Å². The number of amides is 1. The number of hydrogen-bond donors (Lipinski definition) is 1. The van der Waals surface area contributed by atoms with Crippen LogP contribution in [0.25, 0.3) is 11.3 Å². The minimum Gasteiger partial charge on any atom is -0.349 e. The fraction of sp³-hybridized carbons (Fsp3) is 0.286. The average molecular weight is 259 g/mol. The fourth-order valence-corrected chi connectivity index (χ4v) is 2.37. The number of rotatable bonds is 1. The Morgan fingerprint density at radius 1 is 1.26 bits per heavy atom. The minimum atomic E-state index is -0.189. The molecule has 0 unspecified atom stereocenters. The Balaban J connectivity index is 2.10. The van der Waals surface area contributed by atoms with Gasteiger partial charge in [-0.05, 0) is 43.2 Å². The topological polar surface area (TPSA) is 46.9 Å². The molecule has 5 heteroatoms. The summed E-state index contributed by atoms with van der Waals surface area (Å²) in [5, 5.41) is 7.19. The lowest BCUT2D eigenvalue weighted by Crippen LogP contribution is -2.35. The molecule has 0 saturated carbocycles. The van der Waals surface area contributed by atoms with Crippen LogP contribution in [0.4, 0.5) is 4.39 Å². The summed E-state index contributed by atoms with van der Waals surface area (Å²) in [6.45, 7) is 4.72. The number of carbonyl (C=O) groups excluding carboxylic acids is 1. The van der Waals surface area contributed by atoms with Gasteiger partial charge in [-0.25, -0.2) is 4.39 Å². The van der Waals surface area contributed by atoms with Gasteiger partial charge in [0.15, 0.2) is 0 Å². The lowest BCUT2D eigenvalue weighted by atomic mass is 10.0. The summed E-state index contributed by atoms with van der Waals surface area (Å²) in [4.78, 5) is 11.7. The van der Waals surface area contributed by atoms with Crippen molar-refractivity contribution in [1.82, 2.24) is 15.1 Å². The van der Waals surface area contributed by atoms with Gasteiger partial charge in [0, 0.05) is 12.1 Å². The van der Waals surface area contributed by atoms with Crippen molar-refractivity contribution in [2.45, 2.75) is 20.4 Å². The zero-order valence-corrected chi connectivity index (χ0v) is 10.8. The number of aryl methyl sites for hydroxylation is 2. The van der Waals surface area contributed by atoms with Crippen molar-refractivity contribution < 1.29 is 9.18 Å². The van der Waals surface area contributed by atoms with Crippen molar-refractivity contribution in [2.75, 3.05) is 6.54 Å². The van der Waals surface area contributed by atoms with Gasteiger partial charge in [-0.2, -0.15) is 5.10 Å². The molecule has 1 aromatic carbocycles. The third-order valence-electron chi connectivity index (χ3n) is 3.35. The van der Waals surface area contributed by atoms with Crippen molar-refractivity contribution in [3.8, 4) is 11.3 Å². The first-order valence-electron chi connectivity index (χ1n) is 6.19. The van der Waals surface area contributed by atoms with E-state index in [0.29, 0.717) is 35.6 Å². The molecule has 2 heterocycles. The second-order valence-corrected chi connectivity index (χ2v) is 4.82. The van der Waals surface area contributed by atoms with Crippen LogP contribution in [0.5, 0.6) is 0 Å². The molecule has 4 nitrogen and oxygen atoms in total. The summed E-state index contributed by atoms with van der Waals surface area (Å²) in [6, 6.07) is 5.27. The Hall–Kier alpha value is -2.17. The molecular weight excluding hydrogens is 245 g/mol. The average Bonchev–Trinajstić information content (AvgIpc) is 2.81. The standard InChI is InChI=1S/C14H14FN3O/c1-8-5-10(6-9(2)13(8)15)11-7-12-14(19)16-3-4-18(12)17-11/h5-7H,3-4H2,1-2H3,(H,16,19). The van der Waals surface area contributed by atoms with Crippen molar-refractivity contribution >= 4 is 5.91 Å². The molecule has 1 aliphatic rings. The number of aromatic nitrogens is 2. The molecule has 98 valence electrons. The van der Waals surface area contributed by atoms with Crippen LogP contribution in [0, 0.1) is 19.7 Å². The maximum Gasteiger partial charge on any atom is 0.269 e. The molecule has 0 fully saturated rings. The fourth-order valence-electron chi connectivity index (χ4n) is 2.37. The number of fused-ring (bicyclic) bond motifs is 1. The normalized spacial score (nSPS) is 14.2. The first kappa shape index (κ1) is 11.9. The number of benzene rings is 1. The highest BCUT2D eigenvalue weighted by atomic mass is 19.1. The van der Waals surface area contributed by atoms with Crippen LogP contribution >= 0.6 is 0 Å². The highest BCUT2D eigenvalue weighted by Gasteiger charge is 2.20. The summed E-state index contributed by atoms with van der Waals surface area (Å²) in [7, 11) is 0. The Kier molecular flexibility index (Phi) is 2.62. The van der Waals surface area contributed by atoms with Crippen molar-refractivity contribution in [3.05, 3.63) is 40.8 Å².